The molecule has 0 radical (unpaired) electrons. The monoisotopic (exact) mass is 500 g/mol. The standard InChI is InChI=1S/C20H29FN6.HI/c1-17-23-10-12-25(17)11-6-5-9-24-20(22-2)27-15-13-26(14-16-27)19-8-4-3-7-18(19)21;/h3-4,7-8,10,12H,5-6,9,11,13-16H2,1-2H3,(H,22,24);1H. The van der Waals surface area contributed by atoms with Crippen molar-refractivity contribution in [2.45, 2.75) is 26.3 Å². The summed E-state index contributed by atoms with van der Waals surface area (Å²) in [7, 11) is 1.82. The minimum atomic E-state index is -0.151. The first-order chi connectivity index (χ1) is 13.2. The number of aliphatic imine (C=N–C) groups is 1. The van der Waals surface area contributed by atoms with Crippen LogP contribution in [0.5, 0.6) is 0 Å². The number of halogens is 2. The Kier molecular flexibility index (Phi) is 9.01. The van der Waals surface area contributed by atoms with E-state index in [-0.39, 0.29) is 29.8 Å². The molecule has 2 heterocycles. The van der Waals surface area contributed by atoms with Gasteiger partial charge in [-0.2, -0.15) is 0 Å². The molecule has 0 bridgehead atoms. The predicted molar refractivity (Wildman–Crippen MR) is 123 cm³/mol. The molecule has 6 nitrogen and oxygen atoms in total. The molecule has 1 aliphatic heterocycles. The van der Waals surface area contributed by atoms with Crippen LogP contribution in [0, 0.1) is 12.7 Å². The Morgan fingerprint density at radius 2 is 1.93 bits per heavy atom. The highest BCUT2D eigenvalue weighted by molar-refractivity contribution is 14.0. The maximum Gasteiger partial charge on any atom is 0.193 e. The van der Waals surface area contributed by atoms with E-state index in [9.17, 15) is 4.39 Å². The van der Waals surface area contributed by atoms with Gasteiger partial charge in [-0.3, -0.25) is 4.99 Å². The molecule has 154 valence electrons. The molecule has 1 aromatic carbocycles. The van der Waals surface area contributed by atoms with E-state index in [0.717, 1.165) is 63.9 Å². The molecule has 0 unspecified atom stereocenters. The van der Waals surface area contributed by atoms with Gasteiger partial charge >= 0.3 is 0 Å². The number of hydrogen-bond acceptors (Lipinski definition) is 3. The molecule has 0 atom stereocenters. The lowest BCUT2D eigenvalue weighted by Crippen LogP contribution is -2.52. The van der Waals surface area contributed by atoms with Gasteiger partial charge in [0.15, 0.2) is 5.96 Å². The second-order valence-corrected chi connectivity index (χ2v) is 6.77. The average Bonchev–Trinajstić information content (AvgIpc) is 3.10. The number of benzene rings is 1. The summed E-state index contributed by atoms with van der Waals surface area (Å²) in [6.45, 7) is 7.18. The Balaban J connectivity index is 0.00000280. The number of guanidine groups is 1. The van der Waals surface area contributed by atoms with Gasteiger partial charge in [0.05, 0.1) is 5.69 Å². The summed E-state index contributed by atoms with van der Waals surface area (Å²) in [5, 5.41) is 3.46. The molecule has 1 fully saturated rings. The number of anilines is 1. The van der Waals surface area contributed by atoms with Gasteiger partial charge in [-0.05, 0) is 31.9 Å². The lowest BCUT2D eigenvalue weighted by atomic mass is 10.2. The van der Waals surface area contributed by atoms with Crippen molar-refractivity contribution in [1.82, 2.24) is 19.8 Å². The number of rotatable bonds is 6. The SMILES string of the molecule is CN=C(NCCCCn1ccnc1C)N1CCN(c2ccccc2F)CC1.I. The van der Waals surface area contributed by atoms with Crippen LogP contribution in [0.3, 0.4) is 0 Å². The minimum absolute atomic E-state index is 0. The topological polar surface area (TPSA) is 48.7 Å². The zero-order valence-corrected chi connectivity index (χ0v) is 19.0. The Morgan fingerprint density at radius 1 is 1.18 bits per heavy atom. The first kappa shape index (κ1) is 22.4. The Bertz CT molecular complexity index is 755. The van der Waals surface area contributed by atoms with Gasteiger partial charge in [-0.1, -0.05) is 12.1 Å². The summed E-state index contributed by atoms with van der Waals surface area (Å²) >= 11 is 0. The summed E-state index contributed by atoms with van der Waals surface area (Å²) in [4.78, 5) is 13.0. The molecule has 2 aromatic rings. The van der Waals surface area contributed by atoms with Gasteiger partial charge in [0, 0.05) is 58.7 Å². The number of hydrogen-bond donors (Lipinski definition) is 1. The molecule has 0 saturated carbocycles. The number of piperazine rings is 1. The van der Waals surface area contributed by atoms with Crippen LogP contribution in [0.25, 0.3) is 0 Å². The van der Waals surface area contributed by atoms with Crippen molar-refractivity contribution in [3.63, 3.8) is 0 Å². The van der Waals surface area contributed by atoms with E-state index in [1.54, 1.807) is 6.07 Å². The van der Waals surface area contributed by atoms with Gasteiger partial charge < -0.3 is 19.7 Å². The van der Waals surface area contributed by atoms with Gasteiger partial charge in [0.2, 0.25) is 0 Å². The van der Waals surface area contributed by atoms with E-state index >= 15 is 0 Å². The van der Waals surface area contributed by atoms with Gasteiger partial charge in [0.25, 0.3) is 0 Å². The van der Waals surface area contributed by atoms with E-state index < -0.39 is 0 Å². The van der Waals surface area contributed by atoms with Crippen molar-refractivity contribution in [2.24, 2.45) is 4.99 Å². The smallest absolute Gasteiger partial charge is 0.193 e. The third-order valence-electron chi connectivity index (χ3n) is 5.02. The molecule has 1 N–H and O–H groups in total. The van der Waals surface area contributed by atoms with Crippen LogP contribution < -0.4 is 10.2 Å². The van der Waals surface area contributed by atoms with Crippen molar-refractivity contribution in [1.29, 1.82) is 0 Å². The number of unbranched alkanes of at least 4 members (excludes halogenated alkanes) is 1. The second kappa shape index (κ2) is 11.2. The zero-order chi connectivity index (χ0) is 19.1. The summed E-state index contributed by atoms with van der Waals surface area (Å²) in [6.07, 6.45) is 6.04. The molecule has 0 amide bonds. The minimum Gasteiger partial charge on any atom is -0.366 e. The fourth-order valence-corrected chi connectivity index (χ4v) is 3.45. The molecule has 28 heavy (non-hydrogen) atoms. The van der Waals surface area contributed by atoms with Crippen molar-refractivity contribution < 1.29 is 4.39 Å². The van der Waals surface area contributed by atoms with Crippen molar-refractivity contribution in [3.8, 4) is 0 Å². The fourth-order valence-electron chi connectivity index (χ4n) is 3.45. The quantitative estimate of drug-likeness (QED) is 0.287. The second-order valence-electron chi connectivity index (χ2n) is 6.77. The highest BCUT2D eigenvalue weighted by Crippen LogP contribution is 2.20. The summed E-state index contributed by atoms with van der Waals surface area (Å²) < 4.78 is 16.1. The van der Waals surface area contributed by atoms with E-state index in [0.29, 0.717) is 5.69 Å². The maximum atomic E-state index is 14.0. The van der Waals surface area contributed by atoms with E-state index in [1.165, 1.54) is 6.07 Å². The van der Waals surface area contributed by atoms with Crippen molar-refractivity contribution in [2.75, 3.05) is 44.7 Å². The largest absolute Gasteiger partial charge is 0.366 e. The van der Waals surface area contributed by atoms with Crippen LogP contribution in [0.4, 0.5) is 10.1 Å². The molecular weight excluding hydrogens is 470 g/mol. The van der Waals surface area contributed by atoms with Crippen LogP contribution in [-0.2, 0) is 6.54 Å². The third kappa shape index (κ3) is 5.83. The first-order valence-electron chi connectivity index (χ1n) is 9.62. The maximum absolute atomic E-state index is 14.0. The predicted octanol–water partition coefficient (Wildman–Crippen LogP) is 3.13. The van der Waals surface area contributed by atoms with E-state index in [2.05, 4.69) is 29.7 Å². The lowest BCUT2D eigenvalue weighted by Gasteiger charge is -2.37. The van der Waals surface area contributed by atoms with Gasteiger partial charge in [-0.15, -0.1) is 24.0 Å². The summed E-state index contributed by atoms with van der Waals surface area (Å²) in [5.74, 6) is 1.84. The number of nitrogens with zero attached hydrogens (tertiary/aromatic N) is 5. The van der Waals surface area contributed by atoms with Gasteiger partial charge in [-0.25, -0.2) is 9.37 Å². The van der Waals surface area contributed by atoms with Gasteiger partial charge in [0.1, 0.15) is 11.6 Å². The molecule has 3 rings (SSSR count). The lowest BCUT2D eigenvalue weighted by molar-refractivity contribution is 0.370. The molecule has 1 aromatic heterocycles. The number of aryl methyl sites for hydroxylation is 2. The molecular formula is C20H30FIN6. The zero-order valence-electron chi connectivity index (χ0n) is 16.6. The number of aromatic nitrogens is 2. The Morgan fingerprint density at radius 3 is 2.57 bits per heavy atom. The molecule has 1 saturated heterocycles. The first-order valence-corrected chi connectivity index (χ1v) is 9.62. The Labute approximate surface area is 183 Å². The van der Waals surface area contributed by atoms with Crippen LogP contribution in [0.2, 0.25) is 0 Å². The highest BCUT2D eigenvalue weighted by atomic mass is 127. The van der Waals surface area contributed by atoms with Crippen molar-refractivity contribution in [3.05, 3.63) is 48.3 Å². The molecule has 0 spiro atoms. The number of para-hydroxylation sites is 1. The average molecular weight is 500 g/mol. The number of imidazole rings is 1. The molecule has 0 aliphatic carbocycles. The van der Waals surface area contributed by atoms with Crippen LogP contribution >= 0.6 is 24.0 Å². The summed E-state index contributed by atoms with van der Waals surface area (Å²) in [5.41, 5.74) is 0.690. The van der Waals surface area contributed by atoms with Crippen LogP contribution in [0.1, 0.15) is 18.7 Å². The van der Waals surface area contributed by atoms with Crippen LogP contribution in [-0.4, -0.2) is 60.2 Å². The summed E-state index contributed by atoms with van der Waals surface area (Å²) in [6, 6.07) is 6.99. The molecule has 1 aliphatic rings. The van der Waals surface area contributed by atoms with Crippen molar-refractivity contribution >= 4 is 35.6 Å². The number of nitrogens with one attached hydrogen (secondary N) is 1. The van der Waals surface area contributed by atoms with Crippen LogP contribution in [0.15, 0.2) is 41.7 Å². The highest BCUT2D eigenvalue weighted by Gasteiger charge is 2.21. The Hall–Kier alpha value is -1.84. The van der Waals surface area contributed by atoms with E-state index in [1.807, 2.05) is 38.5 Å². The third-order valence-corrected chi connectivity index (χ3v) is 5.02. The molecule has 8 heteroatoms. The normalized spacial score (nSPS) is 14.8. The fraction of sp³-hybridized carbons (Fsp3) is 0.500. The van der Waals surface area contributed by atoms with E-state index in [4.69, 9.17) is 0 Å².